The highest BCUT2D eigenvalue weighted by Gasteiger charge is 2.18. The van der Waals surface area contributed by atoms with Crippen LogP contribution < -0.4 is 5.32 Å². The molecule has 1 aromatic rings. The fraction of sp³-hybridized carbons (Fsp3) is 0.417. The molecule has 0 aliphatic rings. The Morgan fingerprint density at radius 2 is 2.18 bits per heavy atom. The normalized spacial score (nSPS) is 11.3. The summed E-state index contributed by atoms with van der Waals surface area (Å²) in [5, 5.41) is 12.2. The van der Waals surface area contributed by atoms with Gasteiger partial charge in [-0.15, -0.1) is 0 Å². The van der Waals surface area contributed by atoms with E-state index < -0.39 is 5.60 Å². The molecule has 0 heterocycles. The van der Waals surface area contributed by atoms with E-state index >= 15 is 0 Å². The molecule has 0 radical (unpaired) electrons. The predicted octanol–water partition coefficient (Wildman–Crippen LogP) is 2.31. The van der Waals surface area contributed by atoms with Gasteiger partial charge in [0, 0.05) is 19.2 Å². The van der Waals surface area contributed by atoms with Crippen LogP contribution in [-0.2, 0) is 4.74 Å². The number of ether oxygens (including phenoxy) is 1. The van der Waals surface area contributed by atoms with Crippen molar-refractivity contribution in [2.75, 3.05) is 13.7 Å². The third-order valence-electron chi connectivity index (χ3n) is 2.44. The topological polar surface area (TPSA) is 58.6 Å². The number of carbonyl (C=O) groups is 1. The first-order chi connectivity index (χ1) is 7.85. The lowest BCUT2D eigenvalue weighted by molar-refractivity contribution is 0.0229. The first kappa shape index (κ1) is 14.0. The molecule has 17 heavy (non-hydrogen) atoms. The quantitative estimate of drug-likeness (QED) is 0.897. The second-order valence-electron chi connectivity index (χ2n) is 4.31. The first-order valence-electron chi connectivity index (χ1n) is 5.17. The summed E-state index contributed by atoms with van der Waals surface area (Å²) in [7, 11) is 1.59. The molecule has 0 unspecified atom stereocenters. The van der Waals surface area contributed by atoms with Crippen LogP contribution in [0.25, 0.3) is 0 Å². The maximum atomic E-state index is 11.8. The van der Waals surface area contributed by atoms with Gasteiger partial charge in [0.1, 0.15) is 5.75 Å². The Hall–Kier alpha value is -1.07. The average Bonchev–Trinajstić information content (AvgIpc) is 2.30. The third kappa shape index (κ3) is 4.02. The van der Waals surface area contributed by atoms with Gasteiger partial charge in [0.05, 0.1) is 10.1 Å². The summed E-state index contributed by atoms with van der Waals surface area (Å²) >= 11 is 3.16. The second kappa shape index (κ2) is 5.51. The zero-order chi connectivity index (χ0) is 13.1. The smallest absolute Gasteiger partial charge is 0.251 e. The average molecular weight is 302 g/mol. The molecule has 0 saturated heterocycles. The Kier molecular flexibility index (Phi) is 4.54. The lowest BCUT2D eigenvalue weighted by Gasteiger charge is -2.23. The largest absolute Gasteiger partial charge is 0.507 e. The van der Waals surface area contributed by atoms with Gasteiger partial charge in [0.2, 0.25) is 0 Å². The molecular formula is C12H16BrNO3. The van der Waals surface area contributed by atoms with Crippen molar-refractivity contribution in [3.05, 3.63) is 28.2 Å². The van der Waals surface area contributed by atoms with Crippen LogP contribution in [0.2, 0.25) is 0 Å². The number of rotatable bonds is 4. The Labute approximate surface area is 109 Å². The number of hydrogen-bond donors (Lipinski definition) is 2. The van der Waals surface area contributed by atoms with E-state index in [4.69, 9.17) is 4.74 Å². The molecule has 1 rings (SSSR count). The van der Waals surface area contributed by atoms with Gasteiger partial charge in [-0.3, -0.25) is 4.79 Å². The molecule has 0 bridgehead atoms. The van der Waals surface area contributed by atoms with Crippen molar-refractivity contribution < 1.29 is 14.6 Å². The van der Waals surface area contributed by atoms with Gasteiger partial charge in [-0.2, -0.15) is 0 Å². The monoisotopic (exact) mass is 301 g/mol. The minimum Gasteiger partial charge on any atom is -0.507 e. The summed E-state index contributed by atoms with van der Waals surface area (Å²) in [6.45, 7) is 4.16. The fourth-order valence-electron chi connectivity index (χ4n) is 1.12. The van der Waals surface area contributed by atoms with Crippen LogP contribution >= 0.6 is 15.9 Å². The summed E-state index contributed by atoms with van der Waals surface area (Å²) in [5.74, 6) is -0.193. The zero-order valence-corrected chi connectivity index (χ0v) is 11.7. The number of nitrogens with one attached hydrogen (secondary N) is 1. The molecule has 2 N–H and O–H groups in total. The number of methoxy groups -OCH3 is 1. The number of amides is 1. The molecule has 94 valence electrons. The lowest BCUT2D eigenvalue weighted by atomic mass is 10.1. The van der Waals surface area contributed by atoms with E-state index in [0.29, 0.717) is 16.6 Å². The molecule has 0 fully saturated rings. The fourth-order valence-corrected chi connectivity index (χ4v) is 1.37. The van der Waals surface area contributed by atoms with Gasteiger partial charge < -0.3 is 15.2 Å². The molecular weight excluding hydrogens is 286 g/mol. The number of carbonyl (C=O) groups excluding carboxylic acids is 1. The highest BCUT2D eigenvalue weighted by atomic mass is 79.9. The lowest BCUT2D eigenvalue weighted by Crippen LogP contribution is -2.39. The number of hydrogen-bond acceptors (Lipinski definition) is 3. The van der Waals surface area contributed by atoms with Crippen LogP contribution in [0.4, 0.5) is 0 Å². The predicted molar refractivity (Wildman–Crippen MR) is 69.2 cm³/mol. The van der Waals surface area contributed by atoms with E-state index in [-0.39, 0.29) is 11.7 Å². The van der Waals surface area contributed by atoms with Crippen LogP contribution in [0.3, 0.4) is 0 Å². The van der Waals surface area contributed by atoms with Crippen molar-refractivity contribution in [3.8, 4) is 5.75 Å². The van der Waals surface area contributed by atoms with Crippen molar-refractivity contribution >= 4 is 21.8 Å². The number of benzene rings is 1. The van der Waals surface area contributed by atoms with Crippen molar-refractivity contribution in [3.63, 3.8) is 0 Å². The van der Waals surface area contributed by atoms with Crippen LogP contribution in [0.15, 0.2) is 22.7 Å². The van der Waals surface area contributed by atoms with Crippen molar-refractivity contribution in [2.24, 2.45) is 0 Å². The van der Waals surface area contributed by atoms with E-state index in [2.05, 4.69) is 21.2 Å². The first-order valence-corrected chi connectivity index (χ1v) is 5.97. The number of phenols is 1. The van der Waals surface area contributed by atoms with E-state index in [1.807, 2.05) is 13.8 Å². The van der Waals surface area contributed by atoms with Gasteiger partial charge in [0.25, 0.3) is 5.91 Å². The van der Waals surface area contributed by atoms with E-state index in [9.17, 15) is 9.90 Å². The molecule has 0 spiro atoms. The van der Waals surface area contributed by atoms with Gasteiger partial charge >= 0.3 is 0 Å². The summed E-state index contributed by atoms with van der Waals surface area (Å²) < 4.78 is 5.76. The SMILES string of the molecule is COC(C)(C)CNC(=O)c1ccc(Br)c(O)c1. The maximum absolute atomic E-state index is 11.8. The zero-order valence-electron chi connectivity index (χ0n) is 10.1. The van der Waals surface area contributed by atoms with Crippen molar-refractivity contribution in [2.45, 2.75) is 19.4 Å². The minimum absolute atomic E-state index is 0.0450. The van der Waals surface area contributed by atoms with E-state index in [1.165, 1.54) is 6.07 Å². The maximum Gasteiger partial charge on any atom is 0.251 e. The van der Waals surface area contributed by atoms with Gasteiger partial charge in [-0.1, -0.05) is 0 Å². The van der Waals surface area contributed by atoms with E-state index in [0.717, 1.165) is 0 Å². The standard InChI is InChI=1S/C12H16BrNO3/c1-12(2,17-3)7-14-11(16)8-4-5-9(13)10(15)6-8/h4-6,15H,7H2,1-3H3,(H,14,16). The Morgan fingerprint density at radius 3 is 2.71 bits per heavy atom. The van der Waals surface area contributed by atoms with Crippen LogP contribution in [0.5, 0.6) is 5.75 Å². The molecule has 0 atom stereocenters. The third-order valence-corrected chi connectivity index (χ3v) is 3.11. The Balaban J connectivity index is 2.68. The number of halogens is 1. The summed E-state index contributed by atoms with van der Waals surface area (Å²) in [5.41, 5.74) is 0.00479. The summed E-state index contributed by atoms with van der Waals surface area (Å²) in [6.07, 6.45) is 0. The van der Waals surface area contributed by atoms with Gasteiger partial charge in [0.15, 0.2) is 0 Å². The van der Waals surface area contributed by atoms with E-state index in [1.54, 1.807) is 19.2 Å². The van der Waals surface area contributed by atoms with Crippen LogP contribution in [0, 0.1) is 0 Å². The van der Waals surface area contributed by atoms with Crippen LogP contribution in [0.1, 0.15) is 24.2 Å². The van der Waals surface area contributed by atoms with Crippen molar-refractivity contribution in [1.82, 2.24) is 5.32 Å². The molecule has 0 saturated carbocycles. The summed E-state index contributed by atoms with van der Waals surface area (Å²) in [4.78, 5) is 11.8. The highest BCUT2D eigenvalue weighted by molar-refractivity contribution is 9.10. The molecule has 1 aromatic carbocycles. The van der Waals surface area contributed by atoms with Gasteiger partial charge in [-0.05, 0) is 48.0 Å². The summed E-state index contributed by atoms with van der Waals surface area (Å²) in [6, 6.07) is 4.68. The van der Waals surface area contributed by atoms with Crippen molar-refractivity contribution in [1.29, 1.82) is 0 Å². The minimum atomic E-state index is -0.410. The molecule has 5 heteroatoms. The second-order valence-corrected chi connectivity index (χ2v) is 5.17. The highest BCUT2D eigenvalue weighted by Crippen LogP contribution is 2.24. The molecule has 0 aromatic heterocycles. The van der Waals surface area contributed by atoms with Crippen LogP contribution in [-0.4, -0.2) is 30.3 Å². The Bertz CT molecular complexity index is 418. The molecule has 4 nitrogen and oxygen atoms in total. The Morgan fingerprint density at radius 1 is 1.53 bits per heavy atom. The number of aromatic hydroxyl groups is 1. The molecule has 0 aliphatic carbocycles. The van der Waals surface area contributed by atoms with Gasteiger partial charge in [-0.25, -0.2) is 0 Å². The molecule has 1 amide bonds. The molecule has 0 aliphatic heterocycles. The number of phenolic OH excluding ortho intramolecular Hbond substituents is 1.